The summed E-state index contributed by atoms with van der Waals surface area (Å²) in [5, 5.41) is 15.1. The molecule has 0 aromatic heterocycles. The number of carbonyl (C=O) groups excluding carboxylic acids is 1. The molecular formula is C26H22F7N3O3S. The number of halogens is 7. The molecule has 2 amide bonds. The van der Waals surface area contributed by atoms with E-state index in [-0.39, 0.29) is 35.5 Å². The smallest absolute Gasteiger partial charge is 0.369 e. The van der Waals surface area contributed by atoms with Gasteiger partial charge < -0.3 is 15.7 Å². The number of carbonyl (C=O) groups is 1. The molecule has 2 unspecified atom stereocenters. The quantitative estimate of drug-likeness (QED) is 0.318. The number of rotatable bonds is 6. The van der Waals surface area contributed by atoms with E-state index in [1.165, 1.54) is 16.4 Å². The van der Waals surface area contributed by atoms with Crippen LogP contribution in [0.25, 0.3) is 0 Å². The van der Waals surface area contributed by atoms with Crippen LogP contribution >= 0.6 is 0 Å². The average molecular weight is 590 g/mol. The van der Waals surface area contributed by atoms with Crippen LogP contribution < -0.4 is 14.9 Å². The topological polar surface area (TPSA) is 81.7 Å². The number of fused-ring (bicyclic) bond motifs is 1. The average Bonchev–Trinajstić information content (AvgIpc) is 2.90. The third-order valence-electron chi connectivity index (χ3n) is 6.36. The minimum absolute atomic E-state index is 0.0233. The van der Waals surface area contributed by atoms with Crippen molar-refractivity contribution in [1.82, 2.24) is 5.32 Å². The summed E-state index contributed by atoms with van der Waals surface area (Å²) in [6, 6.07) is 13.7. The van der Waals surface area contributed by atoms with Gasteiger partial charge in [0.05, 0.1) is 16.6 Å². The van der Waals surface area contributed by atoms with E-state index in [9.17, 15) is 44.8 Å². The Bertz CT molecular complexity index is 1370. The second-order valence-corrected chi connectivity index (χ2v) is 10.3. The van der Waals surface area contributed by atoms with E-state index in [1.54, 1.807) is 30.3 Å². The number of alkyl halides is 6. The number of anilines is 2. The fraction of sp³-hybridized carbons (Fsp3) is 0.269. The first-order chi connectivity index (χ1) is 18.7. The summed E-state index contributed by atoms with van der Waals surface area (Å²) < 4.78 is 109. The third kappa shape index (κ3) is 5.77. The van der Waals surface area contributed by atoms with Crippen LogP contribution in [-0.4, -0.2) is 40.3 Å². The summed E-state index contributed by atoms with van der Waals surface area (Å²) in [6.07, 6.45) is -12.1. The number of hydrogen-bond acceptors (Lipinski definition) is 3. The van der Waals surface area contributed by atoms with Gasteiger partial charge in [-0.15, -0.1) is 0 Å². The van der Waals surface area contributed by atoms with Gasteiger partial charge in [-0.05, 0) is 60.9 Å². The zero-order valence-electron chi connectivity index (χ0n) is 20.4. The fourth-order valence-corrected chi connectivity index (χ4v) is 5.73. The number of urea groups is 1. The molecule has 2 atom stereocenters. The Balaban J connectivity index is 1.68. The van der Waals surface area contributed by atoms with Gasteiger partial charge in [-0.25, -0.2) is 13.4 Å². The standard InChI is InChI=1S/C26H22F7N3O3S/c27-18-8-11-21(12-9-18)40(39)36-20(15-34-23(37)35-19-4-2-1-3-5-19)10-6-16-14-17(7-13-22(16)36)24(38,25(28,29)30)26(31,32)33/h1-5,7-9,11-14,20,38H,6,10,15H2,(H2,34,35,37). The Morgan fingerprint density at radius 2 is 1.57 bits per heavy atom. The Morgan fingerprint density at radius 1 is 0.950 bits per heavy atom. The number of nitrogens with one attached hydrogen (secondary N) is 2. The van der Waals surface area contributed by atoms with Gasteiger partial charge in [-0.2, -0.15) is 26.3 Å². The molecule has 40 heavy (non-hydrogen) atoms. The number of aryl methyl sites for hydroxylation is 1. The summed E-state index contributed by atoms with van der Waals surface area (Å²) in [5.41, 5.74) is -6.04. The summed E-state index contributed by atoms with van der Waals surface area (Å²) in [5.74, 6) is -0.612. The molecular weight excluding hydrogens is 567 g/mol. The molecule has 0 saturated heterocycles. The summed E-state index contributed by atoms with van der Waals surface area (Å²) in [7, 11) is -2.10. The van der Waals surface area contributed by atoms with Gasteiger partial charge in [0.1, 0.15) is 5.82 Å². The monoisotopic (exact) mass is 589 g/mol. The lowest BCUT2D eigenvalue weighted by Gasteiger charge is -2.39. The normalized spacial score (nSPS) is 16.7. The molecule has 1 aliphatic rings. The van der Waals surface area contributed by atoms with Crippen LogP contribution in [0.1, 0.15) is 17.5 Å². The van der Waals surface area contributed by atoms with Crippen LogP contribution in [0, 0.1) is 5.82 Å². The van der Waals surface area contributed by atoms with Crippen molar-refractivity contribution in [3.63, 3.8) is 0 Å². The van der Waals surface area contributed by atoms with Crippen molar-refractivity contribution in [3.05, 3.63) is 89.7 Å². The Morgan fingerprint density at radius 3 is 2.17 bits per heavy atom. The predicted octanol–water partition coefficient (Wildman–Crippen LogP) is 5.80. The van der Waals surface area contributed by atoms with Gasteiger partial charge in [0.15, 0.2) is 11.0 Å². The lowest BCUT2D eigenvalue weighted by Crippen LogP contribution is -2.54. The van der Waals surface area contributed by atoms with Gasteiger partial charge in [-0.3, -0.25) is 4.31 Å². The first-order valence-electron chi connectivity index (χ1n) is 11.8. The zero-order valence-corrected chi connectivity index (χ0v) is 21.2. The number of hydrogen-bond donors (Lipinski definition) is 3. The summed E-state index contributed by atoms with van der Waals surface area (Å²) in [4.78, 5) is 12.5. The Hall–Kier alpha value is -3.65. The fourth-order valence-electron chi connectivity index (χ4n) is 4.33. The molecule has 0 spiro atoms. The van der Waals surface area contributed by atoms with Gasteiger partial charge >= 0.3 is 18.4 Å². The van der Waals surface area contributed by atoms with Crippen LogP contribution in [0.3, 0.4) is 0 Å². The van der Waals surface area contributed by atoms with Crippen molar-refractivity contribution in [2.24, 2.45) is 0 Å². The second-order valence-electron chi connectivity index (χ2n) is 8.97. The first kappa shape index (κ1) is 29.3. The van der Waals surface area contributed by atoms with Crippen molar-refractivity contribution >= 4 is 28.4 Å². The predicted molar refractivity (Wildman–Crippen MR) is 133 cm³/mol. The highest BCUT2D eigenvalue weighted by Crippen LogP contribution is 2.51. The van der Waals surface area contributed by atoms with Gasteiger partial charge in [0.2, 0.25) is 0 Å². The number of benzene rings is 3. The van der Waals surface area contributed by atoms with Crippen LogP contribution in [0.2, 0.25) is 0 Å². The maximum absolute atomic E-state index is 13.6. The van der Waals surface area contributed by atoms with Crippen molar-refractivity contribution in [2.75, 3.05) is 16.2 Å². The molecule has 14 heteroatoms. The van der Waals surface area contributed by atoms with Crippen LogP contribution in [0.15, 0.2) is 77.7 Å². The van der Waals surface area contributed by atoms with Crippen molar-refractivity contribution in [1.29, 1.82) is 0 Å². The minimum Gasteiger partial charge on any atom is -0.369 e. The van der Waals surface area contributed by atoms with E-state index < -0.39 is 52.4 Å². The Kier molecular flexibility index (Phi) is 8.13. The van der Waals surface area contributed by atoms with Gasteiger partial charge in [0, 0.05) is 17.8 Å². The lowest BCUT2D eigenvalue weighted by molar-refractivity contribution is -0.376. The minimum atomic E-state index is -6.07. The van der Waals surface area contributed by atoms with Crippen molar-refractivity contribution in [3.8, 4) is 0 Å². The highest BCUT2D eigenvalue weighted by atomic mass is 32.2. The SMILES string of the molecule is O=C(NCC1CCc2cc(C(O)(C(F)(F)F)C(F)(F)F)ccc2N1S(=O)c1ccc(F)cc1)Nc1ccccc1. The molecule has 0 aliphatic carbocycles. The van der Waals surface area contributed by atoms with Crippen molar-refractivity contribution < 1.29 is 44.8 Å². The van der Waals surface area contributed by atoms with E-state index in [1.807, 2.05) is 0 Å². The molecule has 1 aliphatic heterocycles. The van der Waals surface area contributed by atoms with Crippen LogP contribution in [0.4, 0.5) is 46.9 Å². The highest BCUT2D eigenvalue weighted by Gasteiger charge is 2.71. The lowest BCUT2D eigenvalue weighted by atomic mass is 9.88. The van der Waals surface area contributed by atoms with E-state index in [0.717, 1.165) is 18.2 Å². The van der Waals surface area contributed by atoms with Crippen LogP contribution in [0.5, 0.6) is 0 Å². The van der Waals surface area contributed by atoms with E-state index in [2.05, 4.69) is 10.6 Å². The molecule has 0 bridgehead atoms. The zero-order chi connectivity index (χ0) is 29.3. The number of aliphatic hydroxyl groups is 1. The molecule has 3 N–H and O–H groups in total. The van der Waals surface area contributed by atoms with E-state index in [0.29, 0.717) is 17.8 Å². The largest absolute Gasteiger partial charge is 0.430 e. The molecule has 6 nitrogen and oxygen atoms in total. The Labute approximate surface area is 226 Å². The van der Waals surface area contributed by atoms with Gasteiger partial charge in [-0.1, -0.05) is 30.3 Å². The molecule has 3 aromatic rings. The molecule has 0 fully saturated rings. The molecule has 214 valence electrons. The maximum Gasteiger partial charge on any atom is 0.430 e. The van der Waals surface area contributed by atoms with Crippen LogP contribution in [-0.2, 0) is 23.0 Å². The number of amides is 2. The molecule has 4 rings (SSSR count). The number of nitrogens with zero attached hydrogens (tertiary/aromatic N) is 1. The maximum atomic E-state index is 13.6. The van der Waals surface area contributed by atoms with Gasteiger partial charge in [0.25, 0.3) is 5.60 Å². The molecule has 3 aromatic carbocycles. The first-order valence-corrected chi connectivity index (χ1v) is 12.9. The molecule has 1 heterocycles. The third-order valence-corrected chi connectivity index (χ3v) is 7.89. The second kappa shape index (κ2) is 11.1. The highest BCUT2D eigenvalue weighted by molar-refractivity contribution is 7.86. The van der Waals surface area contributed by atoms with E-state index >= 15 is 0 Å². The van der Waals surface area contributed by atoms with E-state index in [4.69, 9.17) is 0 Å². The number of para-hydroxylation sites is 1. The summed E-state index contributed by atoms with van der Waals surface area (Å²) >= 11 is 0. The summed E-state index contributed by atoms with van der Waals surface area (Å²) in [6.45, 7) is -0.0954. The van der Waals surface area contributed by atoms with Crippen molar-refractivity contribution in [2.45, 2.75) is 41.7 Å². The molecule has 0 saturated carbocycles. The molecule has 0 radical (unpaired) electrons.